The summed E-state index contributed by atoms with van der Waals surface area (Å²) in [6, 6.07) is 10.4. The van der Waals surface area contributed by atoms with Crippen LogP contribution in [0.1, 0.15) is 24.1 Å². The fourth-order valence-corrected chi connectivity index (χ4v) is 4.43. The molecular weight excluding hydrogens is 398 g/mol. The minimum absolute atomic E-state index is 0.348. The van der Waals surface area contributed by atoms with E-state index in [2.05, 4.69) is 38.8 Å². The molecule has 7 heteroatoms. The van der Waals surface area contributed by atoms with Gasteiger partial charge in [-0.25, -0.2) is 0 Å². The molecule has 3 rings (SSSR count). The number of likely N-dealkylation sites (tertiary alicyclic amines) is 1. The lowest BCUT2D eigenvalue weighted by atomic mass is 10.1. The van der Waals surface area contributed by atoms with E-state index < -0.39 is 0 Å². The Morgan fingerprint density at radius 3 is 2.57 bits per heavy atom. The first kappa shape index (κ1) is 22.6. The van der Waals surface area contributed by atoms with Gasteiger partial charge in [-0.15, -0.1) is 11.3 Å². The van der Waals surface area contributed by atoms with Gasteiger partial charge in [-0.3, -0.25) is 4.99 Å². The molecule has 1 aromatic carbocycles. The Bertz CT molecular complexity index is 783. The third kappa shape index (κ3) is 6.45. The molecule has 0 bridgehead atoms. The SMILES string of the molecule is CN=C(NCc1cc(-c2ccc(OC)cc2)cs1)N1CCC(OCCCOC)CC1. The van der Waals surface area contributed by atoms with Crippen molar-refractivity contribution in [2.45, 2.75) is 31.9 Å². The van der Waals surface area contributed by atoms with E-state index in [9.17, 15) is 0 Å². The largest absolute Gasteiger partial charge is 0.497 e. The van der Waals surface area contributed by atoms with Crippen molar-refractivity contribution in [2.24, 2.45) is 4.99 Å². The van der Waals surface area contributed by atoms with Crippen LogP contribution in [0, 0.1) is 0 Å². The maximum atomic E-state index is 5.96. The number of guanidine groups is 1. The standard InChI is InChI=1S/C23H33N3O3S/c1-24-23(26-11-9-21(10-12-26)29-14-4-13-27-2)25-16-22-15-19(17-30-22)18-5-7-20(28-3)8-6-18/h5-8,15,17,21H,4,9-14,16H2,1-3H3,(H,24,25). The van der Waals surface area contributed by atoms with Crippen LogP contribution in [0.15, 0.2) is 40.7 Å². The number of ether oxygens (including phenoxy) is 3. The van der Waals surface area contributed by atoms with Crippen molar-refractivity contribution < 1.29 is 14.2 Å². The van der Waals surface area contributed by atoms with Crippen LogP contribution in [0.2, 0.25) is 0 Å². The summed E-state index contributed by atoms with van der Waals surface area (Å²) >= 11 is 1.77. The van der Waals surface area contributed by atoms with Gasteiger partial charge in [0.25, 0.3) is 0 Å². The molecule has 0 aliphatic carbocycles. The molecule has 1 aliphatic rings. The second kappa shape index (κ2) is 11.9. The predicted molar refractivity (Wildman–Crippen MR) is 124 cm³/mol. The van der Waals surface area contributed by atoms with Crippen LogP contribution >= 0.6 is 11.3 Å². The molecule has 0 atom stereocenters. The van der Waals surface area contributed by atoms with Crippen molar-refractivity contribution in [1.29, 1.82) is 0 Å². The van der Waals surface area contributed by atoms with Crippen LogP contribution in [0.25, 0.3) is 11.1 Å². The van der Waals surface area contributed by atoms with Crippen molar-refractivity contribution in [1.82, 2.24) is 10.2 Å². The highest BCUT2D eigenvalue weighted by molar-refractivity contribution is 7.10. The number of aliphatic imine (C=N–C) groups is 1. The summed E-state index contributed by atoms with van der Waals surface area (Å²) in [6.07, 6.45) is 3.38. The van der Waals surface area contributed by atoms with E-state index in [-0.39, 0.29) is 0 Å². The minimum atomic E-state index is 0.348. The molecule has 6 nitrogen and oxygen atoms in total. The van der Waals surface area contributed by atoms with Gasteiger partial charge in [0, 0.05) is 45.3 Å². The summed E-state index contributed by atoms with van der Waals surface area (Å²) in [5.74, 6) is 1.84. The topological polar surface area (TPSA) is 55.3 Å². The molecule has 1 N–H and O–H groups in total. The molecule has 2 aromatic rings. The Kier molecular flexibility index (Phi) is 8.99. The maximum absolute atomic E-state index is 5.96. The van der Waals surface area contributed by atoms with Crippen molar-refractivity contribution >= 4 is 17.3 Å². The Balaban J connectivity index is 1.45. The average Bonchev–Trinajstić information content (AvgIpc) is 3.27. The van der Waals surface area contributed by atoms with Crippen molar-refractivity contribution in [3.8, 4) is 16.9 Å². The van der Waals surface area contributed by atoms with E-state index in [4.69, 9.17) is 14.2 Å². The number of benzene rings is 1. The van der Waals surface area contributed by atoms with Gasteiger partial charge in [0.15, 0.2) is 5.96 Å². The zero-order valence-electron chi connectivity index (χ0n) is 18.2. The zero-order valence-corrected chi connectivity index (χ0v) is 19.0. The highest BCUT2D eigenvalue weighted by atomic mass is 32.1. The fraction of sp³-hybridized carbons (Fsp3) is 0.522. The number of methoxy groups -OCH3 is 2. The highest BCUT2D eigenvalue weighted by Crippen LogP contribution is 2.27. The number of hydrogen-bond donors (Lipinski definition) is 1. The van der Waals surface area contributed by atoms with Crippen LogP contribution in [-0.2, 0) is 16.0 Å². The van der Waals surface area contributed by atoms with E-state index in [1.165, 1.54) is 16.0 Å². The summed E-state index contributed by atoms with van der Waals surface area (Å²) in [6.45, 7) is 4.26. The lowest BCUT2D eigenvalue weighted by Crippen LogP contribution is -2.46. The summed E-state index contributed by atoms with van der Waals surface area (Å²) in [5.41, 5.74) is 2.44. The quantitative estimate of drug-likeness (QED) is 0.369. The molecule has 0 unspecified atom stereocenters. The van der Waals surface area contributed by atoms with E-state index in [1.54, 1.807) is 25.6 Å². The van der Waals surface area contributed by atoms with E-state index >= 15 is 0 Å². The number of hydrogen-bond acceptors (Lipinski definition) is 5. The molecule has 0 saturated carbocycles. The molecule has 0 radical (unpaired) electrons. The second-order valence-electron chi connectivity index (χ2n) is 7.33. The summed E-state index contributed by atoms with van der Waals surface area (Å²) in [5, 5.41) is 5.72. The number of rotatable bonds is 9. The molecule has 1 aromatic heterocycles. The lowest BCUT2D eigenvalue weighted by Gasteiger charge is -2.34. The Morgan fingerprint density at radius 2 is 1.90 bits per heavy atom. The summed E-state index contributed by atoms with van der Waals surface area (Å²) < 4.78 is 16.3. The van der Waals surface area contributed by atoms with Crippen molar-refractivity contribution in [2.75, 3.05) is 47.6 Å². The molecule has 30 heavy (non-hydrogen) atoms. The Labute approximate surface area is 183 Å². The van der Waals surface area contributed by atoms with Crippen molar-refractivity contribution in [3.63, 3.8) is 0 Å². The normalized spacial score (nSPS) is 15.4. The molecule has 164 valence electrons. The molecule has 1 fully saturated rings. The van der Waals surface area contributed by atoms with E-state index in [0.717, 1.165) is 63.8 Å². The third-order valence-electron chi connectivity index (χ3n) is 5.30. The van der Waals surface area contributed by atoms with Gasteiger partial charge in [0.2, 0.25) is 0 Å². The molecule has 0 spiro atoms. The van der Waals surface area contributed by atoms with Crippen LogP contribution in [0.5, 0.6) is 5.75 Å². The highest BCUT2D eigenvalue weighted by Gasteiger charge is 2.21. The smallest absolute Gasteiger partial charge is 0.193 e. The first-order valence-corrected chi connectivity index (χ1v) is 11.4. The minimum Gasteiger partial charge on any atom is -0.497 e. The fourth-order valence-electron chi connectivity index (χ4n) is 3.59. The van der Waals surface area contributed by atoms with Gasteiger partial charge in [-0.1, -0.05) is 12.1 Å². The molecule has 1 saturated heterocycles. The van der Waals surface area contributed by atoms with E-state index in [1.807, 2.05) is 19.2 Å². The van der Waals surface area contributed by atoms with E-state index in [0.29, 0.717) is 6.10 Å². The third-order valence-corrected chi connectivity index (χ3v) is 6.23. The van der Waals surface area contributed by atoms with Gasteiger partial charge in [0.05, 0.1) is 19.8 Å². The van der Waals surface area contributed by atoms with Crippen molar-refractivity contribution in [3.05, 3.63) is 40.6 Å². The first-order chi connectivity index (χ1) is 14.7. The van der Waals surface area contributed by atoms with Crippen LogP contribution < -0.4 is 10.1 Å². The number of thiophene rings is 1. The molecule has 2 heterocycles. The van der Waals surface area contributed by atoms with Crippen LogP contribution in [0.3, 0.4) is 0 Å². The monoisotopic (exact) mass is 431 g/mol. The molecule has 0 amide bonds. The number of piperidine rings is 1. The average molecular weight is 432 g/mol. The first-order valence-electron chi connectivity index (χ1n) is 10.5. The molecule has 1 aliphatic heterocycles. The predicted octanol–water partition coefficient (Wildman–Crippen LogP) is 4.02. The van der Waals surface area contributed by atoms with Gasteiger partial charge in [-0.05, 0) is 54.0 Å². The Morgan fingerprint density at radius 1 is 1.13 bits per heavy atom. The zero-order chi connectivity index (χ0) is 21.2. The summed E-state index contributed by atoms with van der Waals surface area (Å²) in [4.78, 5) is 8.10. The van der Waals surface area contributed by atoms with Gasteiger partial charge >= 0.3 is 0 Å². The van der Waals surface area contributed by atoms with Gasteiger partial charge in [0.1, 0.15) is 5.75 Å². The van der Waals surface area contributed by atoms with Crippen LogP contribution in [-0.4, -0.2) is 64.5 Å². The number of nitrogens with zero attached hydrogens (tertiary/aromatic N) is 2. The van der Waals surface area contributed by atoms with Gasteiger partial charge in [-0.2, -0.15) is 0 Å². The second-order valence-corrected chi connectivity index (χ2v) is 8.33. The lowest BCUT2D eigenvalue weighted by molar-refractivity contribution is 0.00990. The summed E-state index contributed by atoms with van der Waals surface area (Å²) in [7, 11) is 5.27. The Hall–Kier alpha value is -2.09. The molecular formula is C23H33N3O3S. The van der Waals surface area contributed by atoms with Gasteiger partial charge < -0.3 is 24.4 Å². The number of nitrogens with one attached hydrogen (secondary N) is 1. The maximum Gasteiger partial charge on any atom is 0.193 e. The van der Waals surface area contributed by atoms with Crippen LogP contribution in [0.4, 0.5) is 0 Å².